The maximum absolute atomic E-state index is 12.3. The van der Waals surface area contributed by atoms with Gasteiger partial charge in [0.25, 0.3) is 5.91 Å². The van der Waals surface area contributed by atoms with Gasteiger partial charge in [0, 0.05) is 12.3 Å². The van der Waals surface area contributed by atoms with E-state index in [1.807, 2.05) is 6.26 Å². The predicted molar refractivity (Wildman–Crippen MR) is 66.4 cm³/mol. The number of nitrogens with one attached hydrogen (secondary N) is 1. The van der Waals surface area contributed by atoms with Crippen LogP contribution in [-0.2, 0) is 4.79 Å². The summed E-state index contributed by atoms with van der Waals surface area (Å²) in [6, 6.07) is 1.19. The van der Waals surface area contributed by atoms with Crippen LogP contribution in [0.1, 0.15) is 19.3 Å². The third kappa shape index (κ3) is 1.50. The summed E-state index contributed by atoms with van der Waals surface area (Å²) in [5.74, 6) is 0.158. The van der Waals surface area contributed by atoms with Crippen LogP contribution >= 0.6 is 11.8 Å². The van der Waals surface area contributed by atoms with E-state index in [2.05, 4.69) is 15.3 Å². The molecule has 1 aromatic rings. The van der Waals surface area contributed by atoms with Crippen molar-refractivity contribution in [2.24, 2.45) is 0 Å². The predicted octanol–water partition coefficient (Wildman–Crippen LogP) is 1.18. The number of aromatic nitrogens is 2. The van der Waals surface area contributed by atoms with Gasteiger partial charge in [0.1, 0.15) is 11.4 Å². The molecule has 1 N–H and O–H groups in total. The van der Waals surface area contributed by atoms with Gasteiger partial charge in [-0.2, -0.15) is 0 Å². The summed E-state index contributed by atoms with van der Waals surface area (Å²) in [5, 5.41) is 3.32. The molecule has 2 aliphatic rings. The summed E-state index contributed by atoms with van der Waals surface area (Å²) in [7, 11) is 0. The normalized spacial score (nSPS) is 21.1. The lowest BCUT2D eigenvalue weighted by Crippen LogP contribution is -2.52. The van der Waals surface area contributed by atoms with Crippen LogP contribution in [0, 0.1) is 0 Å². The van der Waals surface area contributed by atoms with Gasteiger partial charge in [-0.15, -0.1) is 0 Å². The lowest BCUT2D eigenvalue weighted by molar-refractivity contribution is -0.124. The molecular weight excluding hydrogens is 252 g/mol. The molecule has 1 aliphatic carbocycles. The SMILES string of the molecule is CSc1nccc(N2C(=O)NC3(CCC3)C2=O)n1. The Morgan fingerprint density at radius 1 is 1.44 bits per heavy atom. The standard InChI is InChI=1S/C11H12N4O2S/c1-18-9-12-6-3-7(13-9)15-8(16)11(4-2-5-11)14-10(15)17/h3,6H,2,4-5H2,1H3,(H,14,17). The summed E-state index contributed by atoms with van der Waals surface area (Å²) < 4.78 is 0. The Morgan fingerprint density at radius 2 is 2.22 bits per heavy atom. The number of thioether (sulfide) groups is 1. The first kappa shape index (κ1) is 11.5. The van der Waals surface area contributed by atoms with Gasteiger partial charge in [-0.1, -0.05) is 11.8 Å². The summed E-state index contributed by atoms with van der Waals surface area (Å²) in [4.78, 5) is 33.6. The minimum Gasteiger partial charge on any atom is -0.323 e. The molecule has 1 saturated carbocycles. The quantitative estimate of drug-likeness (QED) is 0.493. The number of carbonyl (C=O) groups excluding carboxylic acids is 2. The average molecular weight is 264 g/mol. The van der Waals surface area contributed by atoms with Crippen LogP contribution < -0.4 is 10.2 Å². The van der Waals surface area contributed by atoms with E-state index in [4.69, 9.17) is 0 Å². The fraction of sp³-hybridized carbons (Fsp3) is 0.455. The van der Waals surface area contributed by atoms with E-state index in [1.165, 1.54) is 11.8 Å². The summed E-state index contributed by atoms with van der Waals surface area (Å²) >= 11 is 1.37. The zero-order valence-electron chi connectivity index (χ0n) is 9.84. The van der Waals surface area contributed by atoms with Crippen molar-refractivity contribution >= 4 is 29.5 Å². The van der Waals surface area contributed by atoms with Gasteiger partial charge >= 0.3 is 6.03 Å². The van der Waals surface area contributed by atoms with Crippen LogP contribution in [0.5, 0.6) is 0 Å². The highest BCUT2D eigenvalue weighted by atomic mass is 32.2. The molecule has 2 fully saturated rings. The van der Waals surface area contributed by atoms with Crippen molar-refractivity contribution in [3.63, 3.8) is 0 Å². The molecule has 0 radical (unpaired) electrons. The number of imide groups is 1. The molecule has 18 heavy (non-hydrogen) atoms. The van der Waals surface area contributed by atoms with Gasteiger partial charge < -0.3 is 5.32 Å². The smallest absolute Gasteiger partial charge is 0.323 e. The van der Waals surface area contributed by atoms with Crippen molar-refractivity contribution in [3.8, 4) is 0 Å². The van der Waals surface area contributed by atoms with E-state index in [9.17, 15) is 9.59 Å². The topological polar surface area (TPSA) is 75.2 Å². The Labute approximate surface area is 108 Å². The van der Waals surface area contributed by atoms with E-state index in [0.29, 0.717) is 23.8 Å². The van der Waals surface area contributed by atoms with Crippen LogP contribution in [0.25, 0.3) is 0 Å². The number of hydrogen-bond acceptors (Lipinski definition) is 5. The highest BCUT2D eigenvalue weighted by molar-refractivity contribution is 7.98. The first-order chi connectivity index (χ1) is 8.66. The van der Waals surface area contributed by atoms with E-state index < -0.39 is 5.54 Å². The van der Waals surface area contributed by atoms with E-state index >= 15 is 0 Å². The van der Waals surface area contributed by atoms with Crippen molar-refractivity contribution < 1.29 is 9.59 Å². The molecule has 7 heteroatoms. The second kappa shape index (κ2) is 3.94. The molecule has 1 aliphatic heterocycles. The third-order valence-electron chi connectivity index (χ3n) is 3.40. The number of nitrogens with zero attached hydrogens (tertiary/aromatic N) is 3. The van der Waals surface area contributed by atoms with Gasteiger partial charge in [0.2, 0.25) is 0 Å². The maximum Gasteiger partial charge on any atom is 0.330 e. The zero-order chi connectivity index (χ0) is 12.8. The molecule has 0 bridgehead atoms. The van der Waals surface area contributed by atoms with Crippen LogP contribution in [0.4, 0.5) is 10.6 Å². The van der Waals surface area contributed by atoms with Crippen molar-refractivity contribution in [2.45, 2.75) is 30.0 Å². The van der Waals surface area contributed by atoms with Crippen molar-refractivity contribution in [2.75, 3.05) is 11.2 Å². The molecule has 6 nitrogen and oxygen atoms in total. The summed E-state index contributed by atoms with van der Waals surface area (Å²) in [6.07, 6.45) is 5.81. The molecule has 2 heterocycles. The van der Waals surface area contributed by atoms with Crippen LogP contribution in [0.15, 0.2) is 17.4 Å². The minimum atomic E-state index is -0.665. The Bertz CT molecular complexity index is 530. The first-order valence-corrected chi connectivity index (χ1v) is 6.92. The molecule has 3 amide bonds. The highest BCUT2D eigenvalue weighted by Crippen LogP contribution is 2.38. The molecular formula is C11H12N4O2S. The molecule has 0 aromatic carbocycles. The number of urea groups is 1. The van der Waals surface area contributed by atoms with Gasteiger partial charge in [-0.25, -0.2) is 19.7 Å². The molecule has 0 atom stereocenters. The van der Waals surface area contributed by atoms with E-state index in [0.717, 1.165) is 11.3 Å². The van der Waals surface area contributed by atoms with Crippen molar-refractivity contribution in [1.29, 1.82) is 0 Å². The third-order valence-corrected chi connectivity index (χ3v) is 3.96. The fourth-order valence-electron chi connectivity index (χ4n) is 2.25. The number of amides is 3. The van der Waals surface area contributed by atoms with Crippen LogP contribution in [0.2, 0.25) is 0 Å². The summed E-state index contributed by atoms with van der Waals surface area (Å²) in [6.45, 7) is 0. The Morgan fingerprint density at radius 3 is 2.78 bits per heavy atom. The zero-order valence-corrected chi connectivity index (χ0v) is 10.7. The Kier molecular flexibility index (Phi) is 2.51. The van der Waals surface area contributed by atoms with Crippen molar-refractivity contribution in [1.82, 2.24) is 15.3 Å². The molecule has 0 unspecified atom stereocenters. The lowest BCUT2D eigenvalue weighted by atomic mass is 9.77. The number of carbonyl (C=O) groups is 2. The lowest BCUT2D eigenvalue weighted by Gasteiger charge is -2.34. The molecule has 1 aromatic heterocycles. The monoisotopic (exact) mass is 264 g/mol. The van der Waals surface area contributed by atoms with Crippen LogP contribution in [-0.4, -0.2) is 33.7 Å². The molecule has 1 saturated heterocycles. The molecule has 3 rings (SSSR count). The largest absolute Gasteiger partial charge is 0.330 e. The first-order valence-electron chi connectivity index (χ1n) is 5.70. The fourth-order valence-corrected chi connectivity index (χ4v) is 2.60. The second-order valence-electron chi connectivity index (χ2n) is 4.41. The molecule has 1 spiro atoms. The number of anilines is 1. The number of hydrogen-bond donors (Lipinski definition) is 1. The van der Waals surface area contributed by atoms with Gasteiger partial charge in [0.05, 0.1) is 0 Å². The Hall–Kier alpha value is -1.63. The van der Waals surface area contributed by atoms with Gasteiger partial charge in [-0.05, 0) is 25.5 Å². The maximum atomic E-state index is 12.3. The van der Waals surface area contributed by atoms with E-state index in [1.54, 1.807) is 12.3 Å². The average Bonchev–Trinajstić information content (AvgIpc) is 2.61. The summed E-state index contributed by atoms with van der Waals surface area (Å²) in [5.41, 5.74) is -0.665. The van der Waals surface area contributed by atoms with E-state index in [-0.39, 0.29) is 11.9 Å². The molecule has 94 valence electrons. The van der Waals surface area contributed by atoms with Gasteiger partial charge in [0.15, 0.2) is 5.16 Å². The highest BCUT2D eigenvalue weighted by Gasteiger charge is 2.55. The number of rotatable bonds is 2. The second-order valence-corrected chi connectivity index (χ2v) is 5.18. The Balaban J connectivity index is 1.96. The van der Waals surface area contributed by atoms with Gasteiger partial charge in [-0.3, -0.25) is 4.79 Å². The minimum absolute atomic E-state index is 0.190. The van der Waals surface area contributed by atoms with Crippen LogP contribution in [0.3, 0.4) is 0 Å². The van der Waals surface area contributed by atoms with Crippen molar-refractivity contribution in [3.05, 3.63) is 12.3 Å².